The molecule has 0 fully saturated rings. The van der Waals surface area contributed by atoms with E-state index in [-0.39, 0.29) is 5.78 Å². The van der Waals surface area contributed by atoms with Crippen LogP contribution in [0, 0.1) is 0 Å². The molecule has 2 aromatic rings. The minimum absolute atomic E-state index is 0.110. The average Bonchev–Trinajstić information content (AvgIpc) is 2.83. The number of nitrogens with one attached hydrogen (secondary N) is 1. The van der Waals surface area contributed by atoms with Crippen molar-refractivity contribution in [2.75, 3.05) is 5.75 Å². The number of rotatable bonds is 5. The van der Waals surface area contributed by atoms with Gasteiger partial charge < -0.3 is 4.98 Å². The highest BCUT2D eigenvalue weighted by molar-refractivity contribution is 7.99. The Balaban J connectivity index is 1.85. The highest BCUT2D eigenvalue weighted by Crippen LogP contribution is 2.19. The van der Waals surface area contributed by atoms with E-state index in [1.165, 1.54) is 4.90 Å². The molecule has 0 spiro atoms. The van der Waals surface area contributed by atoms with Gasteiger partial charge in [-0.3, -0.25) is 4.79 Å². The number of nitrogens with zero attached hydrogens (tertiary/aromatic N) is 1. The van der Waals surface area contributed by atoms with Gasteiger partial charge in [0.25, 0.3) is 0 Å². The fourth-order valence-electron chi connectivity index (χ4n) is 1.49. The Morgan fingerprint density at radius 1 is 1.35 bits per heavy atom. The van der Waals surface area contributed by atoms with Crippen molar-refractivity contribution in [2.24, 2.45) is 0 Å². The molecule has 88 valence electrons. The van der Waals surface area contributed by atoms with Crippen molar-refractivity contribution in [1.29, 1.82) is 0 Å². The molecule has 3 nitrogen and oxygen atoms in total. The van der Waals surface area contributed by atoms with Crippen molar-refractivity contribution in [1.82, 2.24) is 9.97 Å². The Labute approximate surface area is 105 Å². The van der Waals surface area contributed by atoms with E-state index in [0.717, 1.165) is 23.4 Å². The van der Waals surface area contributed by atoms with E-state index in [4.69, 9.17) is 0 Å². The smallest absolute Gasteiger partial charge is 0.159 e. The summed E-state index contributed by atoms with van der Waals surface area (Å²) in [6.45, 7) is 1.58. The number of Topliss-reactive ketones (excluding diaryl/α,β-unsaturated/α-hetero) is 1. The summed E-state index contributed by atoms with van der Waals surface area (Å²) in [6, 6.07) is 7.74. The summed E-state index contributed by atoms with van der Waals surface area (Å²) in [5.74, 6) is 1.11. The summed E-state index contributed by atoms with van der Waals surface area (Å²) in [7, 11) is 0. The molecule has 0 saturated heterocycles. The molecule has 0 unspecified atom stereocenters. The Morgan fingerprint density at radius 3 is 2.71 bits per heavy atom. The van der Waals surface area contributed by atoms with Crippen molar-refractivity contribution in [3.63, 3.8) is 0 Å². The number of aromatic amines is 1. The normalized spacial score (nSPS) is 10.4. The third-order valence-electron chi connectivity index (χ3n) is 2.46. The van der Waals surface area contributed by atoms with Gasteiger partial charge in [0.05, 0.1) is 6.33 Å². The zero-order valence-electron chi connectivity index (χ0n) is 9.64. The fourth-order valence-corrected chi connectivity index (χ4v) is 2.37. The zero-order chi connectivity index (χ0) is 12.1. The largest absolute Gasteiger partial charge is 0.348 e. The molecule has 0 aliphatic heterocycles. The monoisotopic (exact) mass is 246 g/mol. The van der Waals surface area contributed by atoms with E-state index in [9.17, 15) is 4.79 Å². The number of benzene rings is 1. The molecule has 2 rings (SSSR count). The van der Waals surface area contributed by atoms with Crippen LogP contribution in [0.5, 0.6) is 0 Å². The molecule has 0 atom stereocenters. The number of carbonyl (C=O) groups is 1. The second kappa shape index (κ2) is 5.68. The van der Waals surface area contributed by atoms with Crippen molar-refractivity contribution in [3.8, 4) is 0 Å². The van der Waals surface area contributed by atoms with Crippen LogP contribution < -0.4 is 0 Å². The van der Waals surface area contributed by atoms with Gasteiger partial charge in [0, 0.05) is 28.1 Å². The molecule has 1 N–H and O–H groups in total. The Morgan fingerprint density at radius 2 is 2.12 bits per heavy atom. The first-order valence-electron chi connectivity index (χ1n) is 5.47. The summed E-state index contributed by atoms with van der Waals surface area (Å²) in [5, 5.41) is 0. The number of H-pyrrole nitrogens is 1. The summed E-state index contributed by atoms with van der Waals surface area (Å²) in [5.41, 5.74) is 1.92. The third kappa shape index (κ3) is 3.46. The van der Waals surface area contributed by atoms with Gasteiger partial charge in [0.2, 0.25) is 0 Å². The predicted molar refractivity (Wildman–Crippen MR) is 69.5 cm³/mol. The van der Waals surface area contributed by atoms with Crippen LogP contribution in [-0.2, 0) is 6.42 Å². The number of carbonyl (C=O) groups excluding carboxylic acids is 1. The van der Waals surface area contributed by atoms with Crippen molar-refractivity contribution < 1.29 is 4.79 Å². The minimum Gasteiger partial charge on any atom is -0.348 e. The van der Waals surface area contributed by atoms with Gasteiger partial charge in [-0.1, -0.05) is 12.1 Å². The molecule has 0 bridgehead atoms. The topological polar surface area (TPSA) is 45.8 Å². The molecule has 1 aromatic heterocycles. The lowest BCUT2D eigenvalue weighted by Gasteiger charge is -2.01. The molecule has 1 aromatic carbocycles. The summed E-state index contributed by atoms with van der Waals surface area (Å²) < 4.78 is 0. The van der Waals surface area contributed by atoms with Crippen LogP contribution in [0.25, 0.3) is 0 Å². The number of imidazole rings is 1. The number of thioether (sulfide) groups is 1. The van der Waals surface area contributed by atoms with Crippen LogP contribution in [-0.4, -0.2) is 21.5 Å². The van der Waals surface area contributed by atoms with Crippen LogP contribution >= 0.6 is 11.8 Å². The summed E-state index contributed by atoms with van der Waals surface area (Å²) in [6.07, 6.45) is 4.51. The van der Waals surface area contributed by atoms with Gasteiger partial charge in [-0.2, -0.15) is 0 Å². The quantitative estimate of drug-likeness (QED) is 0.651. The maximum atomic E-state index is 11.1. The average molecular weight is 246 g/mol. The van der Waals surface area contributed by atoms with E-state index in [1.54, 1.807) is 25.0 Å². The van der Waals surface area contributed by atoms with Gasteiger partial charge >= 0.3 is 0 Å². The molecule has 1 heterocycles. The van der Waals surface area contributed by atoms with Gasteiger partial charge in [-0.15, -0.1) is 11.8 Å². The van der Waals surface area contributed by atoms with Crippen LogP contribution in [0.1, 0.15) is 23.0 Å². The fraction of sp³-hybridized carbons (Fsp3) is 0.231. The molecule has 0 aliphatic carbocycles. The molecule has 4 heteroatoms. The lowest BCUT2D eigenvalue weighted by molar-refractivity contribution is 0.101. The van der Waals surface area contributed by atoms with E-state index in [0.29, 0.717) is 0 Å². The first-order chi connectivity index (χ1) is 8.25. The van der Waals surface area contributed by atoms with Crippen LogP contribution in [0.4, 0.5) is 0 Å². The van der Waals surface area contributed by atoms with Crippen molar-refractivity contribution in [2.45, 2.75) is 18.2 Å². The highest BCUT2D eigenvalue weighted by Gasteiger charge is 2.00. The van der Waals surface area contributed by atoms with Gasteiger partial charge in [0.15, 0.2) is 5.78 Å². The molecule has 0 saturated carbocycles. The van der Waals surface area contributed by atoms with Crippen LogP contribution in [0.3, 0.4) is 0 Å². The molecule has 0 amide bonds. The molecule has 17 heavy (non-hydrogen) atoms. The standard InChI is InChI=1S/C13H14N2OS/c1-10(16)11-2-4-13(5-3-11)17-7-6-12-8-14-9-15-12/h2-5,8-9H,6-7H2,1H3,(H,14,15). The van der Waals surface area contributed by atoms with Crippen molar-refractivity contribution in [3.05, 3.63) is 48.0 Å². The number of aromatic nitrogens is 2. The Hall–Kier alpha value is -1.55. The molecular formula is C13H14N2OS. The second-order valence-corrected chi connectivity index (χ2v) is 4.92. The van der Waals surface area contributed by atoms with E-state index in [1.807, 2.05) is 30.5 Å². The van der Waals surface area contributed by atoms with Crippen LogP contribution in [0.15, 0.2) is 41.7 Å². The van der Waals surface area contributed by atoms with E-state index >= 15 is 0 Å². The van der Waals surface area contributed by atoms with Gasteiger partial charge in [-0.25, -0.2) is 4.98 Å². The van der Waals surface area contributed by atoms with Gasteiger partial charge in [-0.05, 0) is 25.5 Å². The Bertz CT molecular complexity index is 477. The summed E-state index contributed by atoms with van der Waals surface area (Å²) in [4.78, 5) is 19.4. The maximum Gasteiger partial charge on any atom is 0.159 e. The highest BCUT2D eigenvalue weighted by atomic mass is 32.2. The molecule has 0 radical (unpaired) electrons. The minimum atomic E-state index is 0.110. The van der Waals surface area contributed by atoms with Crippen molar-refractivity contribution >= 4 is 17.5 Å². The van der Waals surface area contributed by atoms with Crippen LogP contribution in [0.2, 0.25) is 0 Å². The maximum absolute atomic E-state index is 11.1. The van der Waals surface area contributed by atoms with Gasteiger partial charge in [0.1, 0.15) is 0 Å². The lowest BCUT2D eigenvalue weighted by atomic mass is 10.2. The summed E-state index contributed by atoms with van der Waals surface area (Å²) >= 11 is 1.78. The zero-order valence-corrected chi connectivity index (χ0v) is 10.5. The third-order valence-corrected chi connectivity index (χ3v) is 3.47. The predicted octanol–water partition coefficient (Wildman–Crippen LogP) is 2.95. The van der Waals surface area contributed by atoms with E-state index in [2.05, 4.69) is 9.97 Å². The molecular weight excluding hydrogens is 232 g/mol. The van der Waals surface area contributed by atoms with E-state index < -0.39 is 0 Å². The Kier molecular flexibility index (Phi) is 3.98. The number of hydrogen-bond donors (Lipinski definition) is 1. The number of hydrogen-bond acceptors (Lipinski definition) is 3. The second-order valence-electron chi connectivity index (χ2n) is 3.76. The lowest BCUT2D eigenvalue weighted by Crippen LogP contribution is -1.91. The number of ketones is 1. The molecule has 0 aliphatic rings. The number of aryl methyl sites for hydroxylation is 1. The first-order valence-corrected chi connectivity index (χ1v) is 6.45. The first kappa shape index (κ1) is 11.9. The SMILES string of the molecule is CC(=O)c1ccc(SCCc2cnc[nH]2)cc1.